The fourth-order valence-electron chi connectivity index (χ4n) is 2.60. The van der Waals surface area contributed by atoms with E-state index in [4.69, 9.17) is 0 Å². The maximum atomic E-state index is 12.5. The van der Waals surface area contributed by atoms with E-state index < -0.39 is 22.4 Å². The summed E-state index contributed by atoms with van der Waals surface area (Å²) in [5.74, 6) is -0.965. The summed E-state index contributed by atoms with van der Waals surface area (Å²) in [6.07, 6.45) is 5.56. The number of carbonyl (C=O) groups is 1. The van der Waals surface area contributed by atoms with Gasteiger partial charge in [-0.05, 0) is 60.9 Å². The van der Waals surface area contributed by atoms with Gasteiger partial charge in [0.05, 0.1) is 0 Å². The Bertz CT molecular complexity index is 608. The predicted octanol–water partition coefficient (Wildman–Crippen LogP) is 4.81. The SMILES string of the molecule is Cc1ccc([S+]([O-])C(CCCCCCc2cccs2)C(=O)O)cc1. The first kappa shape index (κ1) is 19.0. The Morgan fingerprint density at radius 3 is 2.50 bits per heavy atom. The highest BCUT2D eigenvalue weighted by Crippen LogP contribution is 2.22. The van der Waals surface area contributed by atoms with Crippen molar-refractivity contribution in [1.82, 2.24) is 0 Å². The number of aryl methyl sites for hydroxylation is 2. The van der Waals surface area contributed by atoms with Crippen molar-refractivity contribution in [2.24, 2.45) is 0 Å². The smallest absolute Gasteiger partial charge is 0.357 e. The van der Waals surface area contributed by atoms with Gasteiger partial charge >= 0.3 is 5.97 Å². The van der Waals surface area contributed by atoms with E-state index in [1.54, 1.807) is 23.5 Å². The summed E-state index contributed by atoms with van der Waals surface area (Å²) in [6.45, 7) is 1.96. The molecule has 0 aliphatic carbocycles. The Balaban J connectivity index is 1.74. The van der Waals surface area contributed by atoms with Gasteiger partial charge in [-0.15, -0.1) is 11.3 Å². The van der Waals surface area contributed by atoms with E-state index in [0.29, 0.717) is 11.3 Å². The summed E-state index contributed by atoms with van der Waals surface area (Å²) < 4.78 is 12.5. The van der Waals surface area contributed by atoms with Crippen molar-refractivity contribution in [2.45, 2.75) is 55.6 Å². The van der Waals surface area contributed by atoms with Crippen LogP contribution in [-0.4, -0.2) is 20.9 Å². The minimum Gasteiger partial charge on any atom is -0.611 e. The second-order valence-electron chi connectivity index (χ2n) is 5.97. The average molecular weight is 365 g/mol. The maximum Gasteiger partial charge on any atom is 0.357 e. The van der Waals surface area contributed by atoms with Crippen LogP contribution in [0.25, 0.3) is 0 Å². The zero-order valence-corrected chi connectivity index (χ0v) is 15.6. The second-order valence-corrected chi connectivity index (χ2v) is 8.64. The van der Waals surface area contributed by atoms with Crippen LogP contribution in [0.2, 0.25) is 0 Å². The van der Waals surface area contributed by atoms with Crippen LogP contribution in [-0.2, 0) is 22.4 Å². The van der Waals surface area contributed by atoms with Gasteiger partial charge in [0.15, 0.2) is 4.90 Å². The van der Waals surface area contributed by atoms with Gasteiger partial charge in [0.2, 0.25) is 5.25 Å². The van der Waals surface area contributed by atoms with Crippen LogP contribution in [0.4, 0.5) is 0 Å². The highest BCUT2D eigenvalue weighted by Gasteiger charge is 2.31. The molecule has 2 rings (SSSR count). The Hall–Kier alpha value is -1.30. The molecule has 130 valence electrons. The molecule has 1 N–H and O–H groups in total. The van der Waals surface area contributed by atoms with Gasteiger partial charge in [-0.3, -0.25) is 0 Å². The number of carboxylic acids is 1. The molecule has 2 atom stereocenters. The minimum atomic E-state index is -1.49. The van der Waals surface area contributed by atoms with Gasteiger partial charge in [0.1, 0.15) is 0 Å². The van der Waals surface area contributed by atoms with E-state index in [9.17, 15) is 14.5 Å². The number of aliphatic carboxylic acids is 1. The third-order valence-corrected chi connectivity index (χ3v) is 6.63. The molecule has 24 heavy (non-hydrogen) atoms. The summed E-state index contributed by atoms with van der Waals surface area (Å²) >= 11 is 0.291. The van der Waals surface area contributed by atoms with Crippen molar-refractivity contribution in [3.63, 3.8) is 0 Å². The van der Waals surface area contributed by atoms with E-state index in [1.165, 1.54) is 4.88 Å². The zero-order valence-electron chi connectivity index (χ0n) is 13.9. The van der Waals surface area contributed by atoms with Gasteiger partial charge in [-0.25, -0.2) is 4.79 Å². The number of hydrogen-bond acceptors (Lipinski definition) is 3. The number of hydrogen-bond donors (Lipinski definition) is 1. The monoisotopic (exact) mass is 364 g/mol. The third-order valence-electron chi connectivity index (χ3n) is 4.01. The van der Waals surface area contributed by atoms with E-state index in [2.05, 4.69) is 17.5 Å². The fraction of sp³-hybridized carbons (Fsp3) is 0.421. The quantitative estimate of drug-likeness (QED) is 0.486. The first-order valence-electron chi connectivity index (χ1n) is 8.30. The molecule has 3 nitrogen and oxygen atoms in total. The number of unbranched alkanes of at least 4 members (excludes halogenated alkanes) is 3. The lowest BCUT2D eigenvalue weighted by Gasteiger charge is -2.18. The predicted molar refractivity (Wildman–Crippen MR) is 100 cm³/mol. The van der Waals surface area contributed by atoms with Crippen LogP contribution in [0.15, 0.2) is 46.7 Å². The first-order valence-corrected chi connectivity index (χ1v) is 10.4. The molecule has 1 aromatic heterocycles. The van der Waals surface area contributed by atoms with Crippen LogP contribution >= 0.6 is 11.3 Å². The van der Waals surface area contributed by atoms with Crippen LogP contribution in [0.3, 0.4) is 0 Å². The summed E-state index contributed by atoms with van der Waals surface area (Å²) in [6, 6.07) is 11.5. The third kappa shape index (κ3) is 5.96. The summed E-state index contributed by atoms with van der Waals surface area (Å²) in [5, 5.41) is 10.7. The van der Waals surface area contributed by atoms with Gasteiger partial charge in [-0.2, -0.15) is 0 Å². The van der Waals surface area contributed by atoms with Crippen molar-refractivity contribution in [3.8, 4) is 0 Å². The van der Waals surface area contributed by atoms with Crippen molar-refractivity contribution >= 4 is 28.5 Å². The molecule has 0 radical (unpaired) electrons. The van der Waals surface area contributed by atoms with E-state index in [0.717, 1.165) is 37.7 Å². The van der Waals surface area contributed by atoms with Gasteiger partial charge in [-0.1, -0.05) is 36.6 Å². The number of carboxylic acid groups (broad SMARTS) is 1. The number of benzene rings is 1. The molecule has 0 saturated heterocycles. The number of thiophene rings is 1. The molecular weight excluding hydrogens is 340 g/mol. The summed E-state index contributed by atoms with van der Waals surface area (Å²) in [4.78, 5) is 13.5. The molecule has 2 aromatic rings. The second kappa shape index (κ2) is 9.87. The molecule has 0 fully saturated rings. The largest absolute Gasteiger partial charge is 0.611 e. The molecule has 0 saturated carbocycles. The van der Waals surface area contributed by atoms with Gasteiger partial charge in [0.25, 0.3) is 0 Å². The highest BCUT2D eigenvalue weighted by molar-refractivity contribution is 7.92. The van der Waals surface area contributed by atoms with Crippen LogP contribution in [0, 0.1) is 6.92 Å². The highest BCUT2D eigenvalue weighted by atomic mass is 32.2. The summed E-state index contributed by atoms with van der Waals surface area (Å²) in [5.41, 5.74) is 1.08. The first-order chi connectivity index (χ1) is 11.6. The lowest BCUT2D eigenvalue weighted by Crippen LogP contribution is -2.30. The lowest BCUT2D eigenvalue weighted by molar-refractivity contribution is -0.136. The van der Waals surface area contributed by atoms with Crippen molar-refractivity contribution in [1.29, 1.82) is 0 Å². The molecule has 0 amide bonds. The van der Waals surface area contributed by atoms with Gasteiger partial charge in [0, 0.05) is 11.3 Å². The van der Waals surface area contributed by atoms with Crippen LogP contribution in [0.1, 0.15) is 42.5 Å². The molecule has 2 unspecified atom stereocenters. The van der Waals surface area contributed by atoms with Gasteiger partial charge < -0.3 is 9.66 Å². The standard InChI is InChI=1S/C19H24O3S2/c1-15-10-12-17(13-11-15)24(22)18(19(20)21)9-5-3-2-4-7-16-8-6-14-23-16/h6,8,10-14,18H,2-5,7,9H2,1H3,(H,20,21). The molecule has 5 heteroatoms. The van der Waals surface area contributed by atoms with Crippen molar-refractivity contribution in [2.75, 3.05) is 0 Å². The molecule has 1 aromatic carbocycles. The zero-order chi connectivity index (χ0) is 17.4. The average Bonchev–Trinajstić information content (AvgIpc) is 3.07. The molecule has 1 heterocycles. The summed E-state index contributed by atoms with van der Waals surface area (Å²) in [7, 11) is 0. The van der Waals surface area contributed by atoms with E-state index >= 15 is 0 Å². The minimum absolute atomic E-state index is 0.467. The van der Waals surface area contributed by atoms with Crippen molar-refractivity contribution < 1.29 is 14.5 Å². The van der Waals surface area contributed by atoms with E-state index in [-0.39, 0.29) is 0 Å². The molecule has 0 bridgehead atoms. The Labute approximate surface area is 150 Å². The lowest BCUT2D eigenvalue weighted by atomic mass is 10.1. The Morgan fingerprint density at radius 1 is 1.17 bits per heavy atom. The Kier molecular flexibility index (Phi) is 7.82. The molecule has 0 aliphatic rings. The normalized spacial score (nSPS) is 13.6. The van der Waals surface area contributed by atoms with Crippen LogP contribution in [0.5, 0.6) is 0 Å². The molecular formula is C19H24O3S2. The van der Waals surface area contributed by atoms with Crippen molar-refractivity contribution in [3.05, 3.63) is 52.2 Å². The number of rotatable bonds is 10. The fourth-order valence-corrected chi connectivity index (χ4v) is 4.64. The topological polar surface area (TPSA) is 60.4 Å². The van der Waals surface area contributed by atoms with Crippen LogP contribution < -0.4 is 0 Å². The molecule has 0 spiro atoms. The maximum absolute atomic E-state index is 12.5. The molecule has 0 aliphatic heterocycles. The Morgan fingerprint density at radius 2 is 1.88 bits per heavy atom. The van der Waals surface area contributed by atoms with E-state index in [1.807, 2.05) is 19.1 Å².